The molecule has 152 valence electrons. The summed E-state index contributed by atoms with van der Waals surface area (Å²) in [4.78, 5) is 9.26. The Bertz CT molecular complexity index is 620. The Kier molecular flexibility index (Phi) is 9.21. The van der Waals surface area contributed by atoms with Crippen molar-refractivity contribution in [2.75, 3.05) is 46.3 Å². The molecule has 1 aromatic rings. The Labute approximate surface area is 178 Å². The SMILES string of the molecule is CN=C(NCCc1cccc(F)c1F)N1CCC(CN2CCCCC2)C1.I. The molecule has 3 rings (SSSR count). The lowest BCUT2D eigenvalue weighted by Crippen LogP contribution is -2.42. The molecule has 0 aromatic heterocycles. The third kappa shape index (κ3) is 6.27. The normalized spacial score (nSPS) is 21.2. The summed E-state index contributed by atoms with van der Waals surface area (Å²) >= 11 is 0. The van der Waals surface area contributed by atoms with E-state index in [1.165, 1.54) is 45.3 Å². The van der Waals surface area contributed by atoms with Crippen molar-refractivity contribution in [1.29, 1.82) is 0 Å². The number of piperidine rings is 1. The van der Waals surface area contributed by atoms with Crippen LogP contribution in [-0.4, -0.2) is 62.1 Å². The van der Waals surface area contributed by atoms with Gasteiger partial charge < -0.3 is 15.1 Å². The topological polar surface area (TPSA) is 30.9 Å². The fourth-order valence-corrected chi connectivity index (χ4v) is 4.06. The summed E-state index contributed by atoms with van der Waals surface area (Å²) in [5.41, 5.74) is 0.400. The van der Waals surface area contributed by atoms with Crippen molar-refractivity contribution < 1.29 is 8.78 Å². The molecule has 2 saturated heterocycles. The number of nitrogens with zero attached hydrogens (tertiary/aromatic N) is 3. The van der Waals surface area contributed by atoms with Crippen LogP contribution in [-0.2, 0) is 6.42 Å². The third-order valence-corrected chi connectivity index (χ3v) is 5.47. The van der Waals surface area contributed by atoms with Crippen LogP contribution in [0.3, 0.4) is 0 Å². The highest BCUT2D eigenvalue weighted by atomic mass is 127. The average molecular weight is 492 g/mol. The number of guanidine groups is 1. The van der Waals surface area contributed by atoms with E-state index in [0.29, 0.717) is 24.4 Å². The Morgan fingerprint density at radius 1 is 1.19 bits per heavy atom. The van der Waals surface area contributed by atoms with Crippen molar-refractivity contribution in [2.24, 2.45) is 10.9 Å². The number of hydrogen-bond acceptors (Lipinski definition) is 2. The molecule has 1 unspecified atom stereocenters. The molecule has 4 nitrogen and oxygen atoms in total. The number of rotatable bonds is 5. The first kappa shape index (κ1) is 22.3. The molecule has 1 aromatic carbocycles. The zero-order chi connectivity index (χ0) is 18.4. The van der Waals surface area contributed by atoms with Gasteiger partial charge in [0.2, 0.25) is 0 Å². The molecule has 0 spiro atoms. The summed E-state index contributed by atoms with van der Waals surface area (Å²) < 4.78 is 27.0. The lowest BCUT2D eigenvalue weighted by Gasteiger charge is -2.29. The van der Waals surface area contributed by atoms with Crippen LogP contribution in [0, 0.1) is 17.6 Å². The predicted molar refractivity (Wildman–Crippen MR) is 117 cm³/mol. The van der Waals surface area contributed by atoms with Gasteiger partial charge in [0.15, 0.2) is 17.6 Å². The van der Waals surface area contributed by atoms with Gasteiger partial charge in [-0.05, 0) is 56.3 Å². The molecule has 1 N–H and O–H groups in total. The summed E-state index contributed by atoms with van der Waals surface area (Å²) in [6.07, 6.45) is 5.66. The smallest absolute Gasteiger partial charge is 0.193 e. The molecular formula is C20H31F2IN4. The summed E-state index contributed by atoms with van der Waals surface area (Å²) in [7, 11) is 1.78. The van der Waals surface area contributed by atoms with Crippen LogP contribution in [0.1, 0.15) is 31.2 Å². The highest BCUT2D eigenvalue weighted by molar-refractivity contribution is 14.0. The van der Waals surface area contributed by atoms with Crippen molar-refractivity contribution in [1.82, 2.24) is 15.1 Å². The quantitative estimate of drug-likeness (QED) is 0.388. The van der Waals surface area contributed by atoms with E-state index >= 15 is 0 Å². The van der Waals surface area contributed by atoms with Gasteiger partial charge in [-0.3, -0.25) is 4.99 Å². The minimum atomic E-state index is -0.785. The number of hydrogen-bond donors (Lipinski definition) is 1. The van der Waals surface area contributed by atoms with Gasteiger partial charge in [-0.2, -0.15) is 0 Å². The molecule has 0 amide bonds. The predicted octanol–water partition coefficient (Wildman–Crippen LogP) is 3.51. The summed E-state index contributed by atoms with van der Waals surface area (Å²) in [6, 6.07) is 4.33. The van der Waals surface area contributed by atoms with Crippen molar-refractivity contribution in [3.8, 4) is 0 Å². The van der Waals surface area contributed by atoms with Gasteiger partial charge in [0.05, 0.1) is 0 Å². The zero-order valence-corrected chi connectivity index (χ0v) is 18.4. The van der Waals surface area contributed by atoms with E-state index < -0.39 is 11.6 Å². The van der Waals surface area contributed by atoms with Crippen LogP contribution in [0.2, 0.25) is 0 Å². The number of aliphatic imine (C=N–C) groups is 1. The van der Waals surface area contributed by atoms with Gasteiger partial charge in [0.25, 0.3) is 0 Å². The molecule has 2 fully saturated rings. The van der Waals surface area contributed by atoms with Crippen LogP contribution in [0.4, 0.5) is 8.78 Å². The molecule has 2 heterocycles. The molecule has 0 radical (unpaired) electrons. The second kappa shape index (κ2) is 11.1. The van der Waals surface area contributed by atoms with E-state index in [2.05, 4.69) is 20.1 Å². The van der Waals surface area contributed by atoms with E-state index in [9.17, 15) is 8.78 Å². The van der Waals surface area contributed by atoms with E-state index in [1.54, 1.807) is 19.2 Å². The zero-order valence-electron chi connectivity index (χ0n) is 16.1. The molecule has 2 aliphatic rings. The standard InChI is InChI=1S/C20H30F2N4.HI/c1-23-20(24-10-8-17-6-5-7-18(21)19(17)22)26-13-9-16(15-26)14-25-11-3-2-4-12-25;/h5-7,16H,2-4,8-15H2,1H3,(H,23,24);1H. The van der Waals surface area contributed by atoms with Crippen LogP contribution in [0.25, 0.3) is 0 Å². The van der Waals surface area contributed by atoms with E-state index in [1.807, 2.05) is 0 Å². The summed E-state index contributed by atoms with van der Waals surface area (Å²) in [5.74, 6) is 0.0225. The number of nitrogens with one attached hydrogen (secondary N) is 1. The van der Waals surface area contributed by atoms with Crippen LogP contribution in [0.15, 0.2) is 23.2 Å². The van der Waals surface area contributed by atoms with Crippen LogP contribution in [0.5, 0.6) is 0 Å². The van der Waals surface area contributed by atoms with Gasteiger partial charge >= 0.3 is 0 Å². The van der Waals surface area contributed by atoms with Crippen LogP contribution >= 0.6 is 24.0 Å². The van der Waals surface area contributed by atoms with Crippen molar-refractivity contribution in [3.63, 3.8) is 0 Å². The lowest BCUT2D eigenvalue weighted by molar-refractivity contribution is 0.198. The first-order chi connectivity index (χ1) is 12.7. The monoisotopic (exact) mass is 492 g/mol. The first-order valence-electron chi connectivity index (χ1n) is 9.78. The van der Waals surface area contributed by atoms with E-state index in [0.717, 1.165) is 25.1 Å². The second-order valence-electron chi connectivity index (χ2n) is 7.40. The first-order valence-corrected chi connectivity index (χ1v) is 9.78. The lowest BCUT2D eigenvalue weighted by atomic mass is 10.1. The molecule has 0 aliphatic carbocycles. The van der Waals surface area contributed by atoms with E-state index in [-0.39, 0.29) is 24.0 Å². The fourth-order valence-electron chi connectivity index (χ4n) is 4.06. The molecule has 7 heteroatoms. The molecular weight excluding hydrogens is 461 g/mol. The maximum Gasteiger partial charge on any atom is 0.193 e. The van der Waals surface area contributed by atoms with Crippen molar-refractivity contribution in [3.05, 3.63) is 35.4 Å². The Morgan fingerprint density at radius 3 is 2.70 bits per heavy atom. The highest BCUT2D eigenvalue weighted by Crippen LogP contribution is 2.20. The Hall–Kier alpha value is -0.960. The molecule has 2 aliphatic heterocycles. The maximum atomic E-state index is 13.7. The molecule has 1 atom stereocenters. The number of halogens is 3. The number of likely N-dealkylation sites (tertiary alicyclic amines) is 2. The molecule has 0 bridgehead atoms. The largest absolute Gasteiger partial charge is 0.356 e. The van der Waals surface area contributed by atoms with Crippen LogP contribution < -0.4 is 5.32 Å². The minimum Gasteiger partial charge on any atom is -0.356 e. The van der Waals surface area contributed by atoms with E-state index in [4.69, 9.17) is 0 Å². The molecule has 27 heavy (non-hydrogen) atoms. The Morgan fingerprint density at radius 2 is 1.96 bits per heavy atom. The van der Waals surface area contributed by atoms with Gasteiger partial charge in [-0.25, -0.2) is 8.78 Å². The van der Waals surface area contributed by atoms with Gasteiger partial charge in [-0.15, -0.1) is 24.0 Å². The Balaban J connectivity index is 0.00000261. The third-order valence-electron chi connectivity index (χ3n) is 5.47. The average Bonchev–Trinajstić information content (AvgIpc) is 3.11. The van der Waals surface area contributed by atoms with Gasteiger partial charge in [-0.1, -0.05) is 18.6 Å². The summed E-state index contributed by atoms with van der Waals surface area (Å²) in [6.45, 7) is 6.23. The maximum absolute atomic E-state index is 13.7. The van der Waals surface area contributed by atoms with Gasteiger partial charge in [0.1, 0.15) is 0 Å². The fraction of sp³-hybridized carbons (Fsp3) is 0.650. The second-order valence-corrected chi connectivity index (χ2v) is 7.40. The van der Waals surface area contributed by atoms with Crippen molar-refractivity contribution >= 4 is 29.9 Å². The minimum absolute atomic E-state index is 0. The highest BCUT2D eigenvalue weighted by Gasteiger charge is 2.26. The number of benzene rings is 1. The van der Waals surface area contributed by atoms with Gasteiger partial charge in [0, 0.05) is 33.2 Å². The molecule has 0 saturated carbocycles. The van der Waals surface area contributed by atoms with Crippen molar-refractivity contribution in [2.45, 2.75) is 32.1 Å². The summed E-state index contributed by atoms with van der Waals surface area (Å²) in [5, 5.41) is 3.30.